The van der Waals surface area contributed by atoms with Crippen LogP contribution in [-0.2, 0) is 4.79 Å². The summed E-state index contributed by atoms with van der Waals surface area (Å²) in [7, 11) is 0. The first kappa shape index (κ1) is 17.8. The van der Waals surface area contributed by atoms with Crippen LogP contribution < -0.4 is 5.32 Å². The second-order valence-electron chi connectivity index (χ2n) is 7.07. The van der Waals surface area contributed by atoms with Crippen LogP contribution in [0.5, 0.6) is 0 Å². The van der Waals surface area contributed by atoms with Crippen LogP contribution in [0, 0.1) is 17.3 Å². The first-order chi connectivity index (χ1) is 9.76. The molecular formula is C16H30N2O3. The number of carboxylic acid groups (broad SMARTS) is 1. The number of nitrogens with zero attached hydrogens (tertiary/aromatic N) is 1. The van der Waals surface area contributed by atoms with Crippen molar-refractivity contribution in [2.24, 2.45) is 17.3 Å². The van der Waals surface area contributed by atoms with Gasteiger partial charge >= 0.3 is 12.0 Å². The Labute approximate surface area is 128 Å². The number of hydrogen-bond acceptors (Lipinski definition) is 2. The zero-order chi connectivity index (χ0) is 16.0. The molecule has 0 aromatic heterocycles. The fraction of sp³-hybridized carbons (Fsp3) is 0.875. The minimum atomic E-state index is -0.780. The van der Waals surface area contributed by atoms with Crippen LogP contribution in [0.2, 0.25) is 0 Å². The first-order valence-electron chi connectivity index (χ1n) is 8.02. The maximum absolute atomic E-state index is 12.0. The highest BCUT2D eigenvalue weighted by atomic mass is 16.4. The molecular weight excluding hydrogens is 268 g/mol. The third kappa shape index (κ3) is 5.56. The van der Waals surface area contributed by atoms with Crippen molar-refractivity contribution in [2.75, 3.05) is 19.6 Å². The lowest BCUT2D eigenvalue weighted by atomic mass is 9.86. The number of rotatable bonds is 8. The van der Waals surface area contributed by atoms with Gasteiger partial charge in [0.15, 0.2) is 0 Å². The number of carboxylic acids is 1. The van der Waals surface area contributed by atoms with Gasteiger partial charge in [-0.15, -0.1) is 0 Å². The summed E-state index contributed by atoms with van der Waals surface area (Å²) in [6.07, 6.45) is 4.75. The van der Waals surface area contributed by atoms with Gasteiger partial charge in [-0.2, -0.15) is 0 Å². The van der Waals surface area contributed by atoms with Gasteiger partial charge in [0, 0.05) is 25.6 Å². The molecule has 1 unspecified atom stereocenters. The van der Waals surface area contributed by atoms with Gasteiger partial charge in [-0.05, 0) is 11.8 Å². The Morgan fingerprint density at radius 2 is 1.95 bits per heavy atom. The molecule has 1 saturated heterocycles. The molecule has 122 valence electrons. The largest absolute Gasteiger partial charge is 0.481 e. The number of aliphatic carboxylic acids is 1. The number of hydrogen-bond donors (Lipinski definition) is 2. The SMILES string of the molecule is CCCCCC(C)(C)CNC(=O)N1CC(C(C)C(=O)O)C1. The van der Waals surface area contributed by atoms with E-state index in [4.69, 9.17) is 5.11 Å². The van der Waals surface area contributed by atoms with Crippen molar-refractivity contribution in [1.82, 2.24) is 10.2 Å². The fourth-order valence-corrected chi connectivity index (χ4v) is 2.56. The van der Waals surface area contributed by atoms with Gasteiger partial charge in [0.1, 0.15) is 0 Å². The number of likely N-dealkylation sites (tertiary alicyclic amines) is 1. The van der Waals surface area contributed by atoms with Gasteiger partial charge in [0.25, 0.3) is 0 Å². The van der Waals surface area contributed by atoms with Gasteiger partial charge in [-0.25, -0.2) is 4.79 Å². The van der Waals surface area contributed by atoms with Crippen LogP contribution in [-0.4, -0.2) is 41.6 Å². The minimum Gasteiger partial charge on any atom is -0.481 e. The maximum atomic E-state index is 12.0. The topological polar surface area (TPSA) is 69.6 Å². The van der Waals surface area contributed by atoms with Crippen LogP contribution in [0.25, 0.3) is 0 Å². The molecule has 21 heavy (non-hydrogen) atoms. The molecule has 5 heteroatoms. The van der Waals surface area contributed by atoms with Gasteiger partial charge in [-0.3, -0.25) is 4.79 Å². The van der Waals surface area contributed by atoms with Gasteiger partial charge in [0.05, 0.1) is 5.92 Å². The highest BCUT2D eigenvalue weighted by Crippen LogP contribution is 2.25. The molecule has 5 nitrogen and oxygen atoms in total. The highest BCUT2D eigenvalue weighted by molar-refractivity contribution is 5.76. The lowest BCUT2D eigenvalue weighted by Crippen LogP contribution is -2.57. The van der Waals surface area contributed by atoms with Crippen molar-refractivity contribution in [3.05, 3.63) is 0 Å². The Hall–Kier alpha value is -1.26. The van der Waals surface area contributed by atoms with E-state index < -0.39 is 5.97 Å². The summed E-state index contributed by atoms with van der Waals surface area (Å²) in [4.78, 5) is 24.6. The minimum absolute atomic E-state index is 0.0626. The molecule has 0 bridgehead atoms. The third-order valence-corrected chi connectivity index (χ3v) is 4.47. The molecule has 1 fully saturated rings. The molecule has 0 saturated carbocycles. The highest BCUT2D eigenvalue weighted by Gasteiger charge is 2.37. The van der Waals surface area contributed by atoms with E-state index in [9.17, 15) is 9.59 Å². The van der Waals surface area contributed by atoms with Crippen LogP contribution in [0.3, 0.4) is 0 Å². The summed E-state index contributed by atoms with van der Waals surface area (Å²) in [5.74, 6) is -1.07. The van der Waals surface area contributed by atoms with Crippen molar-refractivity contribution in [3.8, 4) is 0 Å². The molecule has 0 aromatic carbocycles. The van der Waals surface area contributed by atoms with E-state index >= 15 is 0 Å². The average molecular weight is 298 g/mol. The van der Waals surface area contributed by atoms with Gasteiger partial charge in [-0.1, -0.05) is 47.0 Å². The molecule has 0 aromatic rings. The standard InChI is InChI=1S/C16H30N2O3/c1-5-6-7-8-16(3,4)11-17-15(21)18-9-13(10-18)12(2)14(19)20/h12-13H,5-11H2,1-4H3,(H,17,21)(H,19,20). The van der Waals surface area contributed by atoms with Crippen molar-refractivity contribution < 1.29 is 14.7 Å². The smallest absolute Gasteiger partial charge is 0.317 e. The van der Waals surface area contributed by atoms with Crippen LogP contribution in [0.15, 0.2) is 0 Å². The molecule has 0 aliphatic carbocycles. The van der Waals surface area contributed by atoms with E-state index in [1.165, 1.54) is 19.3 Å². The van der Waals surface area contributed by atoms with Gasteiger partial charge in [0.2, 0.25) is 0 Å². The van der Waals surface area contributed by atoms with Crippen molar-refractivity contribution >= 4 is 12.0 Å². The summed E-state index contributed by atoms with van der Waals surface area (Å²) in [6.45, 7) is 10.0. The number of carbonyl (C=O) groups excluding carboxylic acids is 1. The molecule has 0 spiro atoms. The Kier molecular flexibility index (Phi) is 6.49. The van der Waals surface area contributed by atoms with E-state index in [0.717, 1.165) is 6.42 Å². The molecule has 1 heterocycles. The Bertz CT molecular complexity index is 363. The summed E-state index contributed by atoms with van der Waals surface area (Å²) >= 11 is 0. The van der Waals surface area contributed by atoms with Crippen molar-refractivity contribution in [3.63, 3.8) is 0 Å². The quantitative estimate of drug-likeness (QED) is 0.677. The molecule has 1 rings (SSSR count). The van der Waals surface area contributed by atoms with Gasteiger partial charge < -0.3 is 15.3 Å². The number of amides is 2. The Balaban J connectivity index is 2.25. The molecule has 1 aliphatic rings. The molecule has 0 radical (unpaired) electrons. The molecule has 2 N–H and O–H groups in total. The zero-order valence-corrected chi connectivity index (χ0v) is 13.8. The summed E-state index contributed by atoms with van der Waals surface area (Å²) < 4.78 is 0. The summed E-state index contributed by atoms with van der Waals surface area (Å²) in [6, 6.07) is -0.0626. The monoisotopic (exact) mass is 298 g/mol. The molecule has 1 aliphatic heterocycles. The normalized spacial score (nSPS) is 17.2. The third-order valence-electron chi connectivity index (χ3n) is 4.47. The number of nitrogens with one attached hydrogen (secondary N) is 1. The first-order valence-corrected chi connectivity index (χ1v) is 8.02. The predicted octanol–water partition coefficient (Wildman–Crippen LogP) is 2.96. The number of unbranched alkanes of at least 4 members (excludes halogenated alkanes) is 2. The van der Waals surface area contributed by atoms with Crippen molar-refractivity contribution in [2.45, 2.75) is 53.4 Å². The number of carbonyl (C=O) groups is 2. The van der Waals surface area contributed by atoms with Crippen LogP contribution in [0.4, 0.5) is 4.79 Å². The van der Waals surface area contributed by atoms with E-state index in [-0.39, 0.29) is 23.3 Å². The summed E-state index contributed by atoms with van der Waals surface area (Å²) in [5.41, 5.74) is 0.115. The second kappa shape index (κ2) is 7.66. The van der Waals surface area contributed by atoms with E-state index in [1.54, 1.807) is 11.8 Å². The van der Waals surface area contributed by atoms with Crippen molar-refractivity contribution in [1.29, 1.82) is 0 Å². The molecule has 2 amide bonds. The van der Waals surface area contributed by atoms with E-state index in [1.807, 2.05) is 0 Å². The van der Waals surface area contributed by atoms with E-state index in [2.05, 4.69) is 26.1 Å². The lowest BCUT2D eigenvalue weighted by molar-refractivity contribution is -0.144. The average Bonchev–Trinajstić information content (AvgIpc) is 2.34. The van der Waals surface area contributed by atoms with Crippen LogP contribution >= 0.6 is 0 Å². The number of urea groups is 1. The molecule has 1 atom stereocenters. The van der Waals surface area contributed by atoms with Crippen LogP contribution in [0.1, 0.15) is 53.4 Å². The Morgan fingerprint density at radius 3 is 2.48 bits per heavy atom. The van der Waals surface area contributed by atoms with E-state index in [0.29, 0.717) is 19.6 Å². The zero-order valence-electron chi connectivity index (χ0n) is 13.8. The Morgan fingerprint density at radius 1 is 1.33 bits per heavy atom. The fourth-order valence-electron chi connectivity index (χ4n) is 2.56. The second-order valence-corrected chi connectivity index (χ2v) is 7.07. The summed E-state index contributed by atoms with van der Waals surface area (Å²) in [5, 5.41) is 11.9. The maximum Gasteiger partial charge on any atom is 0.317 e. The predicted molar refractivity (Wildman–Crippen MR) is 83.2 cm³/mol. The lowest BCUT2D eigenvalue weighted by Gasteiger charge is -2.41.